The summed E-state index contributed by atoms with van der Waals surface area (Å²) in [5.74, 6) is 0.0554. The number of aryl methyl sites for hydroxylation is 1. The number of amides is 1. The van der Waals surface area contributed by atoms with Gasteiger partial charge in [0.15, 0.2) is 4.34 Å². The predicted octanol–water partition coefficient (Wildman–Crippen LogP) is 4.01. The minimum Gasteiger partial charge on any atom is -0.462 e. The zero-order chi connectivity index (χ0) is 18.4. The Labute approximate surface area is 159 Å². The molecule has 0 aliphatic carbocycles. The molecule has 0 spiro atoms. The maximum atomic E-state index is 12.3. The van der Waals surface area contributed by atoms with Crippen molar-refractivity contribution in [3.63, 3.8) is 0 Å². The summed E-state index contributed by atoms with van der Waals surface area (Å²) in [5.41, 5.74) is 1.40. The first-order valence-corrected chi connectivity index (χ1v) is 10.6. The highest BCUT2D eigenvalue weighted by Gasteiger charge is 2.22. The molecule has 6 nitrogen and oxygen atoms in total. The molecular weight excluding hydrogens is 378 g/mol. The molecule has 0 saturated heterocycles. The number of rotatable bonds is 8. The van der Waals surface area contributed by atoms with Crippen LogP contribution in [0.3, 0.4) is 0 Å². The molecule has 0 atom stereocenters. The first-order valence-electron chi connectivity index (χ1n) is 7.90. The average molecular weight is 400 g/mol. The van der Waals surface area contributed by atoms with Gasteiger partial charge in [-0.25, -0.2) is 4.79 Å². The van der Waals surface area contributed by atoms with Crippen molar-refractivity contribution in [3.05, 3.63) is 21.5 Å². The number of thioether (sulfide) groups is 1. The van der Waals surface area contributed by atoms with Gasteiger partial charge in [0.1, 0.15) is 10.0 Å². The van der Waals surface area contributed by atoms with Gasteiger partial charge in [-0.3, -0.25) is 4.79 Å². The van der Waals surface area contributed by atoms with Crippen LogP contribution in [0.2, 0.25) is 0 Å². The van der Waals surface area contributed by atoms with Crippen molar-refractivity contribution in [2.45, 2.75) is 38.5 Å². The van der Waals surface area contributed by atoms with Crippen LogP contribution < -0.4 is 5.32 Å². The Bertz CT molecular complexity index is 740. The topological polar surface area (TPSA) is 81.2 Å². The lowest BCUT2D eigenvalue weighted by molar-refractivity contribution is -0.113. The molecule has 0 unspecified atom stereocenters. The second-order valence-corrected chi connectivity index (χ2v) is 8.99. The number of hydrogen-bond acceptors (Lipinski definition) is 8. The Morgan fingerprint density at radius 3 is 2.72 bits per heavy atom. The number of aromatic nitrogens is 2. The fourth-order valence-corrected chi connectivity index (χ4v) is 4.72. The Morgan fingerprint density at radius 1 is 1.36 bits per heavy atom. The van der Waals surface area contributed by atoms with Gasteiger partial charge in [0, 0.05) is 0 Å². The van der Waals surface area contributed by atoms with E-state index in [0.717, 1.165) is 21.3 Å². The Morgan fingerprint density at radius 2 is 2.12 bits per heavy atom. The number of nitrogens with zero attached hydrogens (tertiary/aromatic N) is 2. The molecule has 0 aromatic carbocycles. The van der Waals surface area contributed by atoms with Gasteiger partial charge < -0.3 is 10.1 Å². The summed E-state index contributed by atoms with van der Waals surface area (Å²) in [4.78, 5) is 24.5. The number of hydrogen-bond donors (Lipinski definition) is 1. The van der Waals surface area contributed by atoms with Crippen LogP contribution in [0.1, 0.15) is 41.7 Å². The molecule has 136 valence electrons. The Balaban J connectivity index is 2.07. The quantitative estimate of drug-likeness (QED) is 0.533. The first kappa shape index (κ1) is 19.9. The van der Waals surface area contributed by atoms with E-state index in [4.69, 9.17) is 4.74 Å². The lowest BCUT2D eigenvalue weighted by Gasteiger charge is -2.09. The highest BCUT2D eigenvalue weighted by atomic mass is 32.2. The number of carbonyl (C=O) groups is 2. The third kappa shape index (κ3) is 5.79. The Hall–Kier alpha value is -1.45. The highest BCUT2D eigenvalue weighted by molar-refractivity contribution is 8.01. The van der Waals surface area contributed by atoms with Crippen LogP contribution in [0.15, 0.2) is 9.72 Å². The molecule has 0 saturated carbocycles. The summed E-state index contributed by atoms with van der Waals surface area (Å²) in [5, 5.41) is 14.1. The van der Waals surface area contributed by atoms with Crippen LogP contribution in [0.5, 0.6) is 0 Å². The Kier molecular flexibility index (Phi) is 7.39. The molecule has 0 fully saturated rings. The molecule has 25 heavy (non-hydrogen) atoms. The van der Waals surface area contributed by atoms with E-state index in [1.165, 1.54) is 34.4 Å². The first-order chi connectivity index (χ1) is 11.9. The summed E-state index contributed by atoms with van der Waals surface area (Å²) in [6.07, 6.45) is 0.763. The van der Waals surface area contributed by atoms with E-state index in [1.807, 2.05) is 12.3 Å². The second kappa shape index (κ2) is 9.30. The van der Waals surface area contributed by atoms with Gasteiger partial charge >= 0.3 is 5.97 Å². The highest BCUT2D eigenvalue weighted by Crippen LogP contribution is 2.31. The van der Waals surface area contributed by atoms with E-state index in [2.05, 4.69) is 29.4 Å². The van der Waals surface area contributed by atoms with Crippen molar-refractivity contribution < 1.29 is 14.3 Å². The van der Waals surface area contributed by atoms with Crippen LogP contribution in [0.25, 0.3) is 0 Å². The number of anilines is 1. The van der Waals surface area contributed by atoms with Crippen LogP contribution in [0, 0.1) is 12.8 Å². The van der Waals surface area contributed by atoms with Gasteiger partial charge in [0.05, 0.1) is 17.9 Å². The molecular formula is C16H21N3O3S3. The van der Waals surface area contributed by atoms with Crippen LogP contribution >= 0.6 is 34.4 Å². The maximum absolute atomic E-state index is 12.3. The summed E-state index contributed by atoms with van der Waals surface area (Å²) in [6.45, 7) is 8.12. The van der Waals surface area contributed by atoms with Crippen molar-refractivity contribution >= 4 is 51.3 Å². The lowest BCUT2D eigenvalue weighted by atomic mass is 10.0. The molecule has 2 rings (SSSR count). The molecule has 0 aliphatic rings. The number of carbonyl (C=O) groups excluding carboxylic acids is 2. The maximum Gasteiger partial charge on any atom is 0.341 e. The van der Waals surface area contributed by atoms with E-state index < -0.39 is 0 Å². The van der Waals surface area contributed by atoms with Gasteiger partial charge in [-0.2, -0.15) is 0 Å². The monoisotopic (exact) mass is 399 g/mol. The molecule has 9 heteroatoms. The minimum absolute atomic E-state index is 0.179. The van der Waals surface area contributed by atoms with Crippen molar-refractivity contribution in [1.82, 2.24) is 10.2 Å². The van der Waals surface area contributed by atoms with Crippen LogP contribution in [-0.4, -0.2) is 34.4 Å². The summed E-state index contributed by atoms with van der Waals surface area (Å²) in [7, 11) is 0. The van der Waals surface area contributed by atoms with Gasteiger partial charge in [0.25, 0.3) is 0 Å². The standard InChI is InChI=1S/C16H21N3O3S3/c1-5-22-15(21)13-11(6-9(2)3)7-23-14(13)17-12(20)8-24-16-19-18-10(4)25-16/h7,9H,5-6,8H2,1-4H3,(H,17,20). The molecule has 0 radical (unpaired) electrons. The van der Waals surface area contributed by atoms with E-state index in [9.17, 15) is 9.59 Å². The summed E-state index contributed by atoms with van der Waals surface area (Å²) >= 11 is 4.14. The molecule has 2 aromatic heterocycles. The number of esters is 1. The van der Waals surface area contributed by atoms with Gasteiger partial charge in [0.2, 0.25) is 5.91 Å². The smallest absolute Gasteiger partial charge is 0.341 e. The van der Waals surface area contributed by atoms with Crippen molar-refractivity contribution in [3.8, 4) is 0 Å². The van der Waals surface area contributed by atoms with E-state index in [0.29, 0.717) is 23.1 Å². The molecule has 0 aliphatic heterocycles. The fraction of sp³-hybridized carbons (Fsp3) is 0.500. The third-order valence-electron chi connectivity index (χ3n) is 3.06. The molecule has 0 bridgehead atoms. The lowest BCUT2D eigenvalue weighted by Crippen LogP contribution is -2.17. The van der Waals surface area contributed by atoms with Gasteiger partial charge in [-0.1, -0.05) is 36.9 Å². The van der Waals surface area contributed by atoms with Gasteiger partial charge in [-0.15, -0.1) is 21.5 Å². The molecule has 2 heterocycles. The average Bonchev–Trinajstić information content (AvgIpc) is 3.11. The van der Waals surface area contributed by atoms with E-state index in [1.54, 1.807) is 6.92 Å². The molecule has 1 amide bonds. The fourth-order valence-electron chi connectivity index (χ4n) is 2.13. The zero-order valence-corrected chi connectivity index (χ0v) is 17.1. The van der Waals surface area contributed by atoms with Crippen LogP contribution in [0.4, 0.5) is 5.00 Å². The zero-order valence-electron chi connectivity index (χ0n) is 14.6. The summed E-state index contributed by atoms with van der Waals surface area (Å²) in [6, 6.07) is 0. The number of nitrogens with one attached hydrogen (secondary N) is 1. The molecule has 1 N–H and O–H groups in total. The van der Waals surface area contributed by atoms with E-state index >= 15 is 0 Å². The normalized spacial score (nSPS) is 10.9. The van der Waals surface area contributed by atoms with Crippen molar-refractivity contribution in [2.75, 3.05) is 17.7 Å². The number of ether oxygens (including phenoxy) is 1. The predicted molar refractivity (Wildman–Crippen MR) is 103 cm³/mol. The van der Waals surface area contributed by atoms with Crippen molar-refractivity contribution in [2.24, 2.45) is 5.92 Å². The third-order valence-corrected chi connectivity index (χ3v) is 5.98. The number of thiophene rings is 1. The largest absolute Gasteiger partial charge is 0.462 e. The molecule has 2 aromatic rings. The van der Waals surface area contributed by atoms with Crippen molar-refractivity contribution in [1.29, 1.82) is 0 Å². The second-order valence-electron chi connectivity index (χ2n) is 5.71. The van der Waals surface area contributed by atoms with Crippen LogP contribution in [-0.2, 0) is 16.0 Å². The SMILES string of the molecule is CCOC(=O)c1c(CC(C)C)csc1NC(=O)CSc1nnc(C)s1. The minimum atomic E-state index is -0.387. The van der Waals surface area contributed by atoms with Gasteiger partial charge in [-0.05, 0) is 37.1 Å². The summed E-state index contributed by atoms with van der Waals surface area (Å²) < 4.78 is 5.91. The van der Waals surface area contributed by atoms with E-state index in [-0.39, 0.29) is 17.6 Å².